The lowest BCUT2D eigenvalue weighted by molar-refractivity contribution is -0.165. The fraction of sp³-hybridized carbons (Fsp3) is 0.433. The molecule has 0 spiro atoms. The molecule has 1 aliphatic carbocycles. The van der Waals surface area contributed by atoms with Gasteiger partial charge in [-0.2, -0.15) is 18.3 Å². The summed E-state index contributed by atoms with van der Waals surface area (Å²) in [5.41, 5.74) is 4.34. The quantitative estimate of drug-likeness (QED) is 0.229. The minimum Gasteiger partial charge on any atom is -0.487 e. The first-order valence-corrected chi connectivity index (χ1v) is 15.9. The van der Waals surface area contributed by atoms with Gasteiger partial charge in [-0.05, 0) is 44.7 Å². The summed E-state index contributed by atoms with van der Waals surface area (Å²) in [5, 5.41) is 29.3. The van der Waals surface area contributed by atoms with E-state index < -0.39 is 29.5 Å². The van der Waals surface area contributed by atoms with E-state index in [9.17, 15) is 28.2 Å². The maximum absolute atomic E-state index is 13.5. The third-order valence-electron chi connectivity index (χ3n) is 8.68. The number of halogens is 6. The van der Waals surface area contributed by atoms with E-state index in [0.717, 1.165) is 37.2 Å². The summed E-state index contributed by atoms with van der Waals surface area (Å²) in [5.74, 6) is -0.622. The Kier molecular flexibility index (Phi) is 8.94. The molecule has 47 heavy (non-hydrogen) atoms. The molecule has 1 saturated heterocycles. The van der Waals surface area contributed by atoms with Gasteiger partial charge in [-0.1, -0.05) is 40.9 Å². The zero-order valence-electron chi connectivity index (χ0n) is 25.2. The number of hydrazine groups is 2. The Bertz CT molecular complexity index is 1700. The van der Waals surface area contributed by atoms with Gasteiger partial charge in [-0.25, -0.2) is 9.48 Å². The Hall–Kier alpha value is -3.43. The van der Waals surface area contributed by atoms with Crippen molar-refractivity contribution < 1.29 is 32.9 Å². The van der Waals surface area contributed by atoms with Crippen molar-refractivity contribution in [2.75, 3.05) is 36.7 Å². The number of allylic oxidation sites excluding steroid dienone is 1. The fourth-order valence-corrected chi connectivity index (χ4v) is 6.82. The molecule has 1 unspecified atom stereocenters. The number of hydrogen-bond acceptors (Lipinski definition) is 9. The van der Waals surface area contributed by atoms with Crippen LogP contribution in [0.1, 0.15) is 54.7 Å². The number of aliphatic hydroxyl groups is 1. The summed E-state index contributed by atoms with van der Waals surface area (Å²) in [4.78, 5) is 17.1. The molecule has 0 amide bonds. The number of rotatable bonds is 9. The van der Waals surface area contributed by atoms with Crippen LogP contribution in [-0.2, 0) is 5.60 Å². The molecule has 3 N–H and O–H groups in total. The number of alkyl halides is 3. The lowest BCUT2D eigenvalue weighted by Crippen LogP contribution is -2.44. The number of aromatic carboxylic acids is 1. The SMILES string of the molecule is CC(n1nc(C(=O)O)cc1N1CCC(O)(c2ccc(OCC3=C(C4CC4)NN(C)N3c3c(Cl)cncc3Cl)cc2Cl)CC1)C(F)(F)F. The molecule has 1 aromatic carbocycles. The number of nitrogens with one attached hydrogen (secondary N) is 1. The van der Waals surface area contributed by atoms with Crippen molar-refractivity contribution >= 4 is 52.3 Å². The number of benzene rings is 1. The van der Waals surface area contributed by atoms with E-state index in [0.29, 0.717) is 37.6 Å². The van der Waals surface area contributed by atoms with Crippen LogP contribution in [0.25, 0.3) is 0 Å². The van der Waals surface area contributed by atoms with Gasteiger partial charge >= 0.3 is 12.1 Å². The van der Waals surface area contributed by atoms with Crippen molar-refractivity contribution in [3.8, 4) is 5.75 Å². The van der Waals surface area contributed by atoms with Gasteiger partial charge in [-0.3, -0.25) is 9.99 Å². The molecule has 17 heteroatoms. The van der Waals surface area contributed by atoms with Gasteiger partial charge in [0.1, 0.15) is 24.2 Å². The van der Waals surface area contributed by atoms with Crippen LogP contribution < -0.4 is 20.1 Å². The van der Waals surface area contributed by atoms with Crippen LogP contribution >= 0.6 is 34.8 Å². The summed E-state index contributed by atoms with van der Waals surface area (Å²) in [6.07, 6.45) is 0.712. The van der Waals surface area contributed by atoms with Crippen molar-refractivity contribution in [1.82, 2.24) is 25.3 Å². The number of anilines is 2. The van der Waals surface area contributed by atoms with Crippen molar-refractivity contribution in [2.24, 2.45) is 5.92 Å². The Labute approximate surface area is 283 Å². The highest BCUT2D eigenvalue weighted by Crippen LogP contribution is 2.45. The first-order chi connectivity index (χ1) is 22.2. The fourth-order valence-electron chi connectivity index (χ4n) is 5.95. The van der Waals surface area contributed by atoms with E-state index in [1.807, 2.05) is 12.1 Å². The van der Waals surface area contributed by atoms with Gasteiger partial charge in [0.25, 0.3) is 0 Å². The van der Waals surface area contributed by atoms with Crippen molar-refractivity contribution in [3.05, 3.63) is 74.4 Å². The molecule has 3 aromatic rings. The molecule has 2 aromatic heterocycles. The summed E-state index contributed by atoms with van der Waals surface area (Å²) < 4.78 is 47.5. The predicted octanol–water partition coefficient (Wildman–Crippen LogP) is 6.42. The van der Waals surface area contributed by atoms with Crippen molar-refractivity contribution in [2.45, 2.75) is 50.4 Å². The Morgan fingerprint density at radius 3 is 2.36 bits per heavy atom. The lowest BCUT2D eigenvalue weighted by Gasteiger charge is -2.40. The molecule has 2 fully saturated rings. The molecule has 0 bridgehead atoms. The lowest BCUT2D eigenvalue weighted by atomic mass is 9.84. The predicted molar refractivity (Wildman–Crippen MR) is 170 cm³/mol. The van der Waals surface area contributed by atoms with E-state index in [1.54, 1.807) is 28.2 Å². The first kappa shape index (κ1) is 33.5. The zero-order chi connectivity index (χ0) is 33.8. The number of carboxylic acid groups (broad SMARTS) is 1. The number of ether oxygens (including phenoxy) is 1. The topological polar surface area (TPSA) is 119 Å². The van der Waals surface area contributed by atoms with Crippen LogP contribution in [0.15, 0.2) is 48.1 Å². The van der Waals surface area contributed by atoms with E-state index in [-0.39, 0.29) is 43.4 Å². The van der Waals surface area contributed by atoms with Crippen LogP contribution in [-0.4, -0.2) is 69.0 Å². The van der Waals surface area contributed by atoms with Crippen LogP contribution in [0.3, 0.4) is 0 Å². The Morgan fingerprint density at radius 1 is 1.13 bits per heavy atom. The third kappa shape index (κ3) is 6.53. The summed E-state index contributed by atoms with van der Waals surface area (Å²) >= 11 is 19.7. The highest BCUT2D eigenvalue weighted by atomic mass is 35.5. The number of carbonyl (C=O) groups is 1. The average molecular weight is 717 g/mol. The minimum atomic E-state index is -4.64. The molecule has 4 heterocycles. The van der Waals surface area contributed by atoms with Gasteiger partial charge < -0.3 is 25.3 Å². The van der Waals surface area contributed by atoms with Crippen LogP contribution in [0, 0.1) is 5.92 Å². The van der Waals surface area contributed by atoms with Crippen LogP contribution in [0.2, 0.25) is 15.1 Å². The number of carboxylic acids is 1. The largest absolute Gasteiger partial charge is 0.487 e. The van der Waals surface area contributed by atoms with E-state index in [1.165, 1.54) is 12.4 Å². The average Bonchev–Trinajstić information content (AvgIpc) is 3.67. The van der Waals surface area contributed by atoms with Crippen LogP contribution in [0.5, 0.6) is 5.75 Å². The van der Waals surface area contributed by atoms with E-state index >= 15 is 0 Å². The first-order valence-electron chi connectivity index (χ1n) is 14.8. The standard InChI is InChI=1S/C30H31Cl3F3N7O4/c1-16(30(34,35)36)42-25(12-23(38-42)28(44)45)41-9-7-29(46,8-10-41)19-6-5-18(11-20(19)31)47-15-24-26(17-3-4-17)39-40(2)43(24)27-21(32)13-37-14-22(27)33/h5-6,11-14,16-17,39,46H,3-4,7-10,15H2,1-2H3,(H,44,45). The summed E-state index contributed by atoms with van der Waals surface area (Å²) in [6.45, 7) is 1.33. The highest BCUT2D eigenvalue weighted by molar-refractivity contribution is 6.39. The van der Waals surface area contributed by atoms with Gasteiger partial charge in [0.15, 0.2) is 5.69 Å². The van der Waals surface area contributed by atoms with Crippen LogP contribution in [0.4, 0.5) is 24.7 Å². The van der Waals surface area contributed by atoms with Gasteiger partial charge in [0.05, 0.1) is 37.8 Å². The van der Waals surface area contributed by atoms with Crippen molar-refractivity contribution in [3.63, 3.8) is 0 Å². The number of piperidine rings is 1. The Balaban J connectivity index is 1.18. The second-order valence-corrected chi connectivity index (χ2v) is 13.1. The molecule has 2 aliphatic heterocycles. The number of hydrogen-bond donors (Lipinski definition) is 3. The number of nitrogens with zero attached hydrogens (tertiary/aromatic N) is 6. The number of aromatic nitrogens is 3. The maximum Gasteiger partial charge on any atom is 0.410 e. The second-order valence-electron chi connectivity index (χ2n) is 11.8. The molecule has 252 valence electrons. The van der Waals surface area contributed by atoms with Gasteiger partial charge in [-0.15, -0.1) is 5.12 Å². The molecule has 3 aliphatic rings. The smallest absolute Gasteiger partial charge is 0.410 e. The molecule has 11 nitrogen and oxygen atoms in total. The molecule has 0 radical (unpaired) electrons. The normalized spacial score (nSPS) is 19.3. The molecule has 6 rings (SSSR count). The summed E-state index contributed by atoms with van der Waals surface area (Å²) in [7, 11) is 1.84. The molecular formula is C30H31Cl3F3N7O4. The zero-order valence-corrected chi connectivity index (χ0v) is 27.5. The maximum atomic E-state index is 13.5. The number of pyridine rings is 1. The van der Waals surface area contributed by atoms with Gasteiger partial charge in [0, 0.05) is 50.1 Å². The minimum absolute atomic E-state index is 0.0134. The molecular weight excluding hydrogens is 686 g/mol. The highest BCUT2D eigenvalue weighted by Gasteiger charge is 2.43. The van der Waals surface area contributed by atoms with E-state index in [4.69, 9.17) is 39.5 Å². The molecule has 1 atom stereocenters. The van der Waals surface area contributed by atoms with Crippen molar-refractivity contribution in [1.29, 1.82) is 0 Å². The summed E-state index contributed by atoms with van der Waals surface area (Å²) in [6, 6.07) is 4.06. The Morgan fingerprint density at radius 2 is 1.79 bits per heavy atom. The third-order valence-corrected chi connectivity index (χ3v) is 9.55. The molecule has 1 saturated carbocycles. The van der Waals surface area contributed by atoms with E-state index in [2.05, 4.69) is 15.5 Å². The second kappa shape index (κ2) is 12.5. The van der Waals surface area contributed by atoms with Gasteiger partial charge in [0.2, 0.25) is 0 Å². The monoisotopic (exact) mass is 715 g/mol.